The van der Waals surface area contributed by atoms with Crippen molar-refractivity contribution in [2.75, 3.05) is 31.3 Å². The fraction of sp³-hybridized carbons (Fsp3) is 0.600. The number of nitro groups is 1. The van der Waals surface area contributed by atoms with Crippen molar-refractivity contribution < 1.29 is 14.6 Å². The third-order valence-electron chi connectivity index (χ3n) is 6.89. The van der Waals surface area contributed by atoms with E-state index >= 15 is 0 Å². The highest BCUT2D eigenvalue weighted by atomic mass is 16.6. The summed E-state index contributed by atoms with van der Waals surface area (Å²) < 4.78 is 5.66. The van der Waals surface area contributed by atoms with Crippen molar-refractivity contribution in [3.8, 4) is 0 Å². The number of non-ortho nitro benzene ring substituents is 1. The largest absolute Gasteiger partial charge is 0.370 e. The number of nitrogens with one attached hydrogen (secondary N) is 1. The molecule has 2 aliphatic carbocycles. The summed E-state index contributed by atoms with van der Waals surface area (Å²) in [6.45, 7) is 3.39. The molecule has 1 saturated carbocycles. The lowest BCUT2D eigenvalue weighted by Crippen LogP contribution is -3.25. The summed E-state index contributed by atoms with van der Waals surface area (Å²) in [5.41, 5.74) is 2.31. The number of fused-ring (bicyclic) bond motifs is 1. The maximum absolute atomic E-state index is 11.1. The summed E-state index contributed by atoms with van der Waals surface area (Å²) in [6.07, 6.45) is 8.16. The molecule has 0 amide bonds. The van der Waals surface area contributed by atoms with Crippen LogP contribution in [0, 0.1) is 16.0 Å². The van der Waals surface area contributed by atoms with E-state index in [1.54, 1.807) is 17.7 Å². The standard InChI is InChI=1S/C20H25N5O3/c26-25(27)17-7-5-16(6-8-17)24-20(23-11-13-28-14-12-23)18(15-3-1-2-4-15)9-10-19(20)21-22-24/h3,5-8,18-19H,1-2,4,9-14H2/p+1/t18-,19-,20+/m0/s1. The first-order valence-corrected chi connectivity index (χ1v) is 10.3. The molecule has 1 N–H and O–H groups in total. The molecular formula is C20H26N5O3+. The number of ether oxygens (including phenoxy) is 1. The van der Waals surface area contributed by atoms with E-state index in [0.717, 1.165) is 57.7 Å². The van der Waals surface area contributed by atoms with E-state index in [1.165, 1.54) is 11.3 Å². The van der Waals surface area contributed by atoms with Crippen LogP contribution >= 0.6 is 0 Å². The van der Waals surface area contributed by atoms with Gasteiger partial charge in [-0.1, -0.05) is 16.9 Å². The van der Waals surface area contributed by atoms with Gasteiger partial charge in [0.15, 0.2) is 0 Å². The van der Waals surface area contributed by atoms with Crippen molar-refractivity contribution in [3.63, 3.8) is 0 Å². The summed E-state index contributed by atoms with van der Waals surface area (Å²) in [7, 11) is 0. The van der Waals surface area contributed by atoms with Crippen LogP contribution in [0.5, 0.6) is 0 Å². The van der Waals surface area contributed by atoms with Crippen LogP contribution in [-0.2, 0) is 4.74 Å². The fourth-order valence-corrected chi connectivity index (χ4v) is 5.73. The topological polar surface area (TPSA) is 84.8 Å². The quantitative estimate of drug-likeness (QED) is 0.490. The van der Waals surface area contributed by atoms with Crippen LogP contribution < -0.4 is 9.91 Å². The molecule has 0 unspecified atom stereocenters. The Balaban J connectivity index is 1.58. The van der Waals surface area contributed by atoms with Gasteiger partial charge in [-0.15, -0.1) is 0 Å². The van der Waals surface area contributed by atoms with Crippen LogP contribution in [0.2, 0.25) is 0 Å². The minimum Gasteiger partial charge on any atom is -0.370 e. The van der Waals surface area contributed by atoms with Crippen LogP contribution in [0.15, 0.2) is 46.3 Å². The second-order valence-corrected chi connectivity index (χ2v) is 8.15. The van der Waals surface area contributed by atoms with E-state index in [2.05, 4.69) is 16.3 Å². The number of allylic oxidation sites excluding steroid dienone is 1. The molecular weight excluding hydrogens is 358 g/mol. The lowest BCUT2D eigenvalue weighted by molar-refractivity contribution is -0.961. The highest BCUT2D eigenvalue weighted by molar-refractivity contribution is 5.53. The van der Waals surface area contributed by atoms with Gasteiger partial charge in [0.1, 0.15) is 19.1 Å². The Morgan fingerprint density at radius 1 is 1.21 bits per heavy atom. The van der Waals surface area contributed by atoms with Crippen molar-refractivity contribution in [2.45, 2.75) is 43.8 Å². The van der Waals surface area contributed by atoms with E-state index in [-0.39, 0.29) is 22.3 Å². The molecule has 5 rings (SSSR count). The summed E-state index contributed by atoms with van der Waals surface area (Å²) >= 11 is 0. The van der Waals surface area contributed by atoms with Crippen LogP contribution in [0.1, 0.15) is 32.1 Å². The van der Waals surface area contributed by atoms with Gasteiger partial charge in [0, 0.05) is 12.1 Å². The molecule has 2 fully saturated rings. The average molecular weight is 384 g/mol. The zero-order valence-electron chi connectivity index (χ0n) is 15.9. The van der Waals surface area contributed by atoms with Gasteiger partial charge in [0.25, 0.3) is 5.69 Å². The summed E-state index contributed by atoms with van der Waals surface area (Å²) in [5.74, 6) is 0.415. The van der Waals surface area contributed by atoms with Gasteiger partial charge in [0.05, 0.1) is 29.7 Å². The second-order valence-electron chi connectivity index (χ2n) is 8.15. The third kappa shape index (κ3) is 2.58. The number of quaternary nitrogens is 1. The number of nitrogens with zero attached hydrogens (tertiary/aromatic N) is 4. The van der Waals surface area contributed by atoms with Crippen molar-refractivity contribution in [3.05, 3.63) is 46.0 Å². The van der Waals surface area contributed by atoms with Gasteiger partial charge in [-0.3, -0.25) is 10.1 Å². The van der Waals surface area contributed by atoms with Gasteiger partial charge in [-0.2, -0.15) is 10.1 Å². The summed E-state index contributed by atoms with van der Waals surface area (Å²) in [5, 5.41) is 22.5. The average Bonchev–Trinajstić information content (AvgIpc) is 3.44. The fourth-order valence-electron chi connectivity index (χ4n) is 5.73. The van der Waals surface area contributed by atoms with Crippen LogP contribution in [-0.4, -0.2) is 42.9 Å². The Hall–Kier alpha value is -2.32. The molecule has 4 aliphatic rings. The van der Waals surface area contributed by atoms with Crippen molar-refractivity contribution in [1.82, 2.24) is 0 Å². The first-order chi connectivity index (χ1) is 13.7. The van der Waals surface area contributed by atoms with Gasteiger partial charge in [-0.05, 0) is 44.2 Å². The van der Waals surface area contributed by atoms with Crippen LogP contribution in [0.25, 0.3) is 0 Å². The van der Waals surface area contributed by atoms with Gasteiger partial charge >= 0.3 is 0 Å². The van der Waals surface area contributed by atoms with Gasteiger partial charge in [0.2, 0.25) is 5.66 Å². The van der Waals surface area contributed by atoms with Crippen molar-refractivity contribution in [1.29, 1.82) is 0 Å². The minimum atomic E-state index is -0.358. The van der Waals surface area contributed by atoms with E-state index in [0.29, 0.717) is 5.92 Å². The Bertz CT molecular complexity index is 818. The predicted molar refractivity (Wildman–Crippen MR) is 103 cm³/mol. The van der Waals surface area contributed by atoms with E-state index in [4.69, 9.17) is 9.85 Å². The number of benzene rings is 1. The molecule has 8 nitrogen and oxygen atoms in total. The number of hydrogen-bond donors (Lipinski definition) is 1. The minimum absolute atomic E-state index is 0.102. The molecule has 0 spiro atoms. The van der Waals surface area contributed by atoms with Gasteiger partial charge < -0.3 is 9.64 Å². The van der Waals surface area contributed by atoms with E-state index in [1.807, 2.05) is 12.1 Å². The molecule has 28 heavy (non-hydrogen) atoms. The third-order valence-corrected chi connectivity index (χ3v) is 6.89. The Labute approximate surface area is 164 Å². The summed E-state index contributed by atoms with van der Waals surface area (Å²) in [4.78, 5) is 12.2. The summed E-state index contributed by atoms with van der Waals surface area (Å²) in [6, 6.07) is 6.93. The SMILES string of the molecule is O=[N+]([O-])c1ccc(N2N=N[C@H]3CC[C@@H](C4=CCCC4)[C@]32[NH+]2CCOCC2)cc1. The zero-order chi connectivity index (χ0) is 19.1. The lowest BCUT2D eigenvalue weighted by atomic mass is 9.84. The van der Waals surface area contributed by atoms with Gasteiger partial charge in [-0.25, -0.2) is 0 Å². The Kier molecular flexibility index (Phi) is 4.40. The molecule has 0 radical (unpaired) electrons. The molecule has 0 bridgehead atoms. The normalized spacial score (nSPS) is 32.6. The lowest BCUT2D eigenvalue weighted by Gasteiger charge is -2.47. The molecule has 3 atom stereocenters. The molecule has 1 aromatic carbocycles. The Morgan fingerprint density at radius 2 is 2.00 bits per heavy atom. The first-order valence-electron chi connectivity index (χ1n) is 10.3. The highest BCUT2D eigenvalue weighted by Gasteiger charge is 2.66. The number of anilines is 1. The zero-order valence-corrected chi connectivity index (χ0v) is 15.9. The first kappa shape index (κ1) is 17.8. The highest BCUT2D eigenvalue weighted by Crippen LogP contribution is 2.49. The monoisotopic (exact) mass is 384 g/mol. The van der Waals surface area contributed by atoms with Crippen LogP contribution in [0.3, 0.4) is 0 Å². The molecule has 1 saturated heterocycles. The smallest absolute Gasteiger partial charge is 0.269 e. The Morgan fingerprint density at radius 3 is 2.68 bits per heavy atom. The van der Waals surface area contributed by atoms with Crippen molar-refractivity contribution >= 4 is 11.4 Å². The second kappa shape index (κ2) is 6.93. The molecule has 8 heteroatoms. The van der Waals surface area contributed by atoms with Crippen molar-refractivity contribution in [2.24, 2.45) is 16.3 Å². The maximum atomic E-state index is 11.1. The predicted octanol–water partition coefficient (Wildman–Crippen LogP) is 2.28. The molecule has 148 valence electrons. The number of rotatable bonds is 4. The molecule has 2 aliphatic heterocycles. The maximum Gasteiger partial charge on any atom is 0.269 e. The number of hydrogen-bond acceptors (Lipinski definition) is 6. The molecule has 0 aromatic heterocycles. The van der Waals surface area contributed by atoms with Crippen LogP contribution in [0.4, 0.5) is 11.4 Å². The number of morpholine rings is 1. The molecule has 2 heterocycles. The molecule has 1 aromatic rings. The number of nitro benzene ring substituents is 1. The van der Waals surface area contributed by atoms with E-state index in [9.17, 15) is 10.1 Å². The van der Waals surface area contributed by atoms with E-state index < -0.39 is 0 Å².